The first kappa shape index (κ1) is 17.2. The molecule has 2 aromatic heterocycles. The number of oxazole rings is 1. The molecular formula is C18H24N4O4. The number of carbonyl (C=O) groups is 1. The molecule has 0 saturated carbocycles. The fourth-order valence-corrected chi connectivity index (χ4v) is 3.62. The molecule has 8 nitrogen and oxygen atoms in total. The number of carbonyl (C=O) groups excluding carboxylic acids is 1. The monoisotopic (exact) mass is 360 g/mol. The van der Waals surface area contributed by atoms with Crippen molar-refractivity contribution in [3.8, 4) is 0 Å². The molecule has 0 aromatic carbocycles. The van der Waals surface area contributed by atoms with Crippen LogP contribution in [0.4, 0.5) is 0 Å². The van der Waals surface area contributed by atoms with Gasteiger partial charge in [0.2, 0.25) is 0 Å². The van der Waals surface area contributed by atoms with Crippen molar-refractivity contribution in [2.24, 2.45) is 5.92 Å². The number of aromatic nitrogens is 3. The molecule has 1 amide bonds. The van der Waals surface area contributed by atoms with E-state index in [0.717, 1.165) is 44.8 Å². The predicted molar refractivity (Wildman–Crippen MR) is 91.5 cm³/mol. The molecule has 1 fully saturated rings. The van der Waals surface area contributed by atoms with Crippen LogP contribution < -0.4 is 0 Å². The van der Waals surface area contributed by atoms with E-state index >= 15 is 0 Å². The van der Waals surface area contributed by atoms with Crippen LogP contribution in [-0.4, -0.2) is 58.5 Å². The van der Waals surface area contributed by atoms with E-state index < -0.39 is 0 Å². The summed E-state index contributed by atoms with van der Waals surface area (Å²) in [6, 6.07) is 2.07. The summed E-state index contributed by atoms with van der Waals surface area (Å²) in [7, 11) is 0. The van der Waals surface area contributed by atoms with Gasteiger partial charge in [-0.2, -0.15) is 5.10 Å². The SMILES string of the molecule is O=C(c1cocn1)N1Cc2ccnn2[C@@H](CCOCC2CCOCC2)C1. The Bertz CT molecular complexity index is 709. The summed E-state index contributed by atoms with van der Waals surface area (Å²) >= 11 is 0. The lowest BCUT2D eigenvalue weighted by Gasteiger charge is -2.33. The Balaban J connectivity index is 1.33. The number of nitrogens with zero attached hydrogens (tertiary/aromatic N) is 4. The molecule has 140 valence electrons. The van der Waals surface area contributed by atoms with Crippen LogP contribution in [0.2, 0.25) is 0 Å². The Morgan fingerprint density at radius 1 is 1.35 bits per heavy atom. The number of hydrogen-bond donors (Lipinski definition) is 0. The van der Waals surface area contributed by atoms with E-state index in [-0.39, 0.29) is 11.9 Å². The molecule has 1 saturated heterocycles. The third kappa shape index (κ3) is 3.81. The van der Waals surface area contributed by atoms with Crippen LogP contribution >= 0.6 is 0 Å². The van der Waals surface area contributed by atoms with Gasteiger partial charge in [0.25, 0.3) is 5.91 Å². The van der Waals surface area contributed by atoms with E-state index in [4.69, 9.17) is 13.9 Å². The molecule has 2 aromatic rings. The Morgan fingerprint density at radius 3 is 3.04 bits per heavy atom. The van der Waals surface area contributed by atoms with E-state index in [1.807, 2.05) is 10.7 Å². The van der Waals surface area contributed by atoms with Crippen molar-refractivity contribution in [2.75, 3.05) is 33.0 Å². The molecule has 0 unspecified atom stereocenters. The highest BCUT2D eigenvalue weighted by Gasteiger charge is 2.30. The highest BCUT2D eigenvalue weighted by atomic mass is 16.5. The molecule has 0 radical (unpaired) electrons. The van der Waals surface area contributed by atoms with Gasteiger partial charge in [-0.15, -0.1) is 0 Å². The molecule has 2 aliphatic heterocycles. The second-order valence-electron chi connectivity index (χ2n) is 6.90. The average molecular weight is 360 g/mol. The second-order valence-corrected chi connectivity index (χ2v) is 6.90. The first-order valence-electron chi connectivity index (χ1n) is 9.16. The molecule has 0 aliphatic carbocycles. The molecule has 8 heteroatoms. The Hall–Kier alpha value is -2.19. The van der Waals surface area contributed by atoms with Crippen LogP contribution in [-0.2, 0) is 16.0 Å². The maximum atomic E-state index is 12.6. The number of ether oxygens (including phenoxy) is 2. The van der Waals surface area contributed by atoms with Gasteiger partial charge in [0, 0.05) is 39.2 Å². The van der Waals surface area contributed by atoms with Gasteiger partial charge in [0.1, 0.15) is 6.26 Å². The molecule has 0 N–H and O–H groups in total. The topological polar surface area (TPSA) is 82.6 Å². The van der Waals surface area contributed by atoms with Gasteiger partial charge >= 0.3 is 0 Å². The number of hydrogen-bond acceptors (Lipinski definition) is 6. The van der Waals surface area contributed by atoms with Gasteiger partial charge in [-0.3, -0.25) is 9.48 Å². The number of fused-ring (bicyclic) bond motifs is 1. The third-order valence-electron chi connectivity index (χ3n) is 5.11. The van der Waals surface area contributed by atoms with Gasteiger partial charge < -0.3 is 18.8 Å². The van der Waals surface area contributed by atoms with Crippen molar-refractivity contribution >= 4 is 5.91 Å². The van der Waals surface area contributed by atoms with Crippen molar-refractivity contribution in [3.63, 3.8) is 0 Å². The van der Waals surface area contributed by atoms with Crippen LogP contribution in [0.25, 0.3) is 0 Å². The molecule has 0 spiro atoms. The Kier molecular flexibility index (Phi) is 5.31. The average Bonchev–Trinajstić information content (AvgIpc) is 3.37. The van der Waals surface area contributed by atoms with Crippen LogP contribution in [0.1, 0.15) is 41.5 Å². The summed E-state index contributed by atoms with van der Waals surface area (Å²) in [4.78, 5) is 18.4. The van der Waals surface area contributed by atoms with Crippen molar-refractivity contribution in [3.05, 3.63) is 36.3 Å². The number of rotatable bonds is 6. The lowest BCUT2D eigenvalue weighted by Crippen LogP contribution is -2.41. The van der Waals surface area contributed by atoms with E-state index in [0.29, 0.717) is 31.3 Å². The second kappa shape index (κ2) is 8.01. The van der Waals surface area contributed by atoms with Crippen molar-refractivity contribution in [1.82, 2.24) is 19.7 Å². The first-order valence-corrected chi connectivity index (χ1v) is 9.16. The predicted octanol–water partition coefficient (Wildman–Crippen LogP) is 1.90. The van der Waals surface area contributed by atoms with Gasteiger partial charge in [-0.1, -0.05) is 0 Å². The maximum absolute atomic E-state index is 12.6. The molecule has 26 heavy (non-hydrogen) atoms. The Morgan fingerprint density at radius 2 is 2.23 bits per heavy atom. The summed E-state index contributed by atoms with van der Waals surface area (Å²) in [5.41, 5.74) is 1.37. The standard InChI is InChI=1S/C18H24N4O4/c23-18(17-12-26-13-19-17)21-9-15-1-5-20-22(15)16(10-21)4-8-25-11-14-2-6-24-7-3-14/h1,5,12-14,16H,2-4,6-11H2/t16-/m0/s1. The quantitative estimate of drug-likeness (QED) is 0.732. The normalized spacial score (nSPS) is 20.9. The van der Waals surface area contributed by atoms with Gasteiger partial charge in [0.15, 0.2) is 12.1 Å². The van der Waals surface area contributed by atoms with Crippen LogP contribution in [0, 0.1) is 5.92 Å². The fourth-order valence-electron chi connectivity index (χ4n) is 3.62. The van der Waals surface area contributed by atoms with Gasteiger partial charge in [0.05, 0.1) is 18.3 Å². The molecular weight excluding hydrogens is 336 g/mol. The zero-order valence-electron chi connectivity index (χ0n) is 14.7. The van der Waals surface area contributed by atoms with E-state index in [9.17, 15) is 4.79 Å². The summed E-state index contributed by atoms with van der Waals surface area (Å²) in [5, 5.41) is 4.44. The smallest absolute Gasteiger partial charge is 0.276 e. The molecule has 0 bridgehead atoms. The molecule has 4 rings (SSSR count). The summed E-state index contributed by atoms with van der Waals surface area (Å²) in [6.07, 6.45) is 7.43. The van der Waals surface area contributed by atoms with Crippen LogP contribution in [0.5, 0.6) is 0 Å². The van der Waals surface area contributed by atoms with Gasteiger partial charge in [-0.25, -0.2) is 4.98 Å². The molecule has 2 aliphatic rings. The summed E-state index contributed by atoms with van der Waals surface area (Å²) < 4.78 is 18.2. The van der Waals surface area contributed by atoms with Crippen LogP contribution in [0.15, 0.2) is 29.3 Å². The minimum absolute atomic E-state index is 0.110. The highest BCUT2D eigenvalue weighted by Crippen LogP contribution is 2.24. The Labute approximate surface area is 152 Å². The largest absolute Gasteiger partial charge is 0.451 e. The number of amides is 1. The molecule has 1 atom stereocenters. The van der Waals surface area contributed by atoms with Gasteiger partial charge in [-0.05, 0) is 31.2 Å². The van der Waals surface area contributed by atoms with E-state index in [2.05, 4.69) is 10.1 Å². The molecule has 4 heterocycles. The zero-order chi connectivity index (χ0) is 17.8. The summed E-state index contributed by atoms with van der Waals surface area (Å²) in [5.74, 6) is 0.486. The first-order chi connectivity index (χ1) is 12.8. The lowest BCUT2D eigenvalue weighted by molar-refractivity contribution is 0.0156. The van der Waals surface area contributed by atoms with Crippen molar-refractivity contribution in [1.29, 1.82) is 0 Å². The van der Waals surface area contributed by atoms with E-state index in [1.54, 1.807) is 11.1 Å². The minimum atomic E-state index is -0.112. The maximum Gasteiger partial charge on any atom is 0.276 e. The highest BCUT2D eigenvalue weighted by molar-refractivity contribution is 5.91. The lowest BCUT2D eigenvalue weighted by atomic mass is 10.0. The fraction of sp³-hybridized carbons (Fsp3) is 0.611. The van der Waals surface area contributed by atoms with E-state index in [1.165, 1.54) is 12.7 Å². The van der Waals surface area contributed by atoms with Crippen LogP contribution in [0.3, 0.4) is 0 Å². The third-order valence-corrected chi connectivity index (χ3v) is 5.11. The summed E-state index contributed by atoms with van der Waals surface area (Å²) in [6.45, 7) is 4.25. The van der Waals surface area contributed by atoms with Crippen molar-refractivity contribution < 1.29 is 18.7 Å². The minimum Gasteiger partial charge on any atom is -0.451 e. The zero-order valence-corrected chi connectivity index (χ0v) is 14.7. The van der Waals surface area contributed by atoms with Crippen molar-refractivity contribution in [2.45, 2.75) is 31.8 Å².